The summed E-state index contributed by atoms with van der Waals surface area (Å²) in [6, 6.07) is 8.11. The Morgan fingerprint density at radius 1 is 1.14 bits per heavy atom. The molecule has 2 aromatic rings. The van der Waals surface area contributed by atoms with Crippen LogP contribution >= 0.6 is 0 Å². The highest BCUT2D eigenvalue weighted by atomic mass is 19.1. The highest BCUT2D eigenvalue weighted by Crippen LogP contribution is 2.43. The van der Waals surface area contributed by atoms with E-state index in [1.807, 2.05) is 0 Å². The van der Waals surface area contributed by atoms with Gasteiger partial charge in [0.2, 0.25) is 5.78 Å². The van der Waals surface area contributed by atoms with Crippen LogP contribution < -0.4 is 0 Å². The van der Waals surface area contributed by atoms with Crippen molar-refractivity contribution in [3.8, 4) is 0 Å². The van der Waals surface area contributed by atoms with Crippen LogP contribution in [0, 0.1) is 12.7 Å². The van der Waals surface area contributed by atoms with Gasteiger partial charge in [0.25, 0.3) is 5.91 Å². The first kappa shape index (κ1) is 18.5. The minimum absolute atomic E-state index is 0.0266. The number of furan rings is 1. The van der Waals surface area contributed by atoms with Crippen LogP contribution in [0.4, 0.5) is 4.39 Å². The maximum Gasteiger partial charge on any atom is 0.290 e. The Balaban J connectivity index is 1.83. The molecule has 1 saturated carbocycles. The third kappa shape index (κ3) is 3.03. The predicted molar refractivity (Wildman–Crippen MR) is 100 cm³/mol. The quantitative estimate of drug-likeness (QED) is 0.781. The van der Waals surface area contributed by atoms with Crippen molar-refractivity contribution in [2.75, 3.05) is 0 Å². The molecule has 146 valence electrons. The van der Waals surface area contributed by atoms with E-state index in [2.05, 4.69) is 0 Å². The van der Waals surface area contributed by atoms with Gasteiger partial charge in [-0.25, -0.2) is 4.39 Å². The fourth-order valence-electron chi connectivity index (χ4n) is 4.28. The van der Waals surface area contributed by atoms with Crippen LogP contribution in [0.3, 0.4) is 0 Å². The Morgan fingerprint density at radius 2 is 1.86 bits per heavy atom. The van der Waals surface area contributed by atoms with Crippen LogP contribution in [0.25, 0.3) is 0 Å². The lowest BCUT2D eigenvalue weighted by Gasteiger charge is -2.36. The first-order valence-electron chi connectivity index (χ1n) is 9.60. The van der Waals surface area contributed by atoms with Crippen molar-refractivity contribution in [3.63, 3.8) is 0 Å². The van der Waals surface area contributed by atoms with Crippen molar-refractivity contribution < 1.29 is 23.5 Å². The van der Waals surface area contributed by atoms with E-state index in [-0.39, 0.29) is 22.9 Å². The predicted octanol–water partition coefficient (Wildman–Crippen LogP) is 4.64. The zero-order valence-electron chi connectivity index (χ0n) is 15.7. The Hall–Kier alpha value is -2.89. The molecule has 1 aliphatic carbocycles. The van der Waals surface area contributed by atoms with Gasteiger partial charge in [-0.15, -0.1) is 0 Å². The number of carbonyl (C=O) groups excluding carboxylic acids is 2. The molecule has 0 saturated heterocycles. The van der Waals surface area contributed by atoms with Gasteiger partial charge in [0.15, 0.2) is 11.5 Å². The van der Waals surface area contributed by atoms with Crippen LogP contribution in [-0.4, -0.2) is 27.7 Å². The Morgan fingerprint density at radius 3 is 2.50 bits per heavy atom. The van der Waals surface area contributed by atoms with Gasteiger partial charge < -0.3 is 14.4 Å². The SMILES string of the molecule is Cc1ccc(C(=O)C2=C(O)C(=O)N(C3CCCCC3)C2c2ccccc2F)o1. The molecule has 1 atom stereocenters. The number of ketones is 1. The number of halogens is 1. The number of rotatable bonds is 4. The van der Waals surface area contributed by atoms with Crippen LogP contribution in [0.5, 0.6) is 0 Å². The molecule has 5 nitrogen and oxygen atoms in total. The standard InChI is InChI=1S/C22H22FNO4/c1-13-11-12-17(28-13)20(25)18-19(15-9-5-6-10-16(15)23)24(22(27)21(18)26)14-7-3-2-4-8-14/h5-6,9-12,14,19,26H,2-4,7-8H2,1H3. The van der Waals surface area contributed by atoms with Crippen molar-refractivity contribution in [2.45, 2.75) is 51.1 Å². The second-order valence-electron chi connectivity index (χ2n) is 7.43. The molecule has 1 fully saturated rings. The summed E-state index contributed by atoms with van der Waals surface area (Å²) in [7, 11) is 0. The fourth-order valence-corrected chi connectivity index (χ4v) is 4.28. The molecule has 6 heteroatoms. The fraction of sp³-hybridized carbons (Fsp3) is 0.364. The van der Waals surface area contributed by atoms with Gasteiger partial charge in [-0.05, 0) is 38.0 Å². The molecule has 2 heterocycles. The molecular weight excluding hydrogens is 361 g/mol. The Bertz CT molecular complexity index is 955. The minimum atomic E-state index is -0.963. The van der Waals surface area contributed by atoms with Crippen LogP contribution in [0.2, 0.25) is 0 Å². The molecule has 0 spiro atoms. The van der Waals surface area contributed by atoms with E-state index in [1.54, 1.807) is 31.2 Å². The van der Waals surface area contributed by atoms with Crippen molar-refractivity contribution in [3.05, 3.63) is 70.6 Å². The number of benzene rings is 1. The molecule has 0 radical (unpaired) electrons. The summed E-state index contributed by atoms with van der Waals surface area (Å²) in [5, 5.41) is 10.6. The lowest BCUT2D eigenvalue weighted by atomic mass is 9.90. The number of amides is 1. The summed E-state index contributed by atoms with van der Waals surface area (Å²) in [6.07, 6.45) is 4.54. The first-order valence-corrected chi connectivity index (χ1v) is 9.60. The topological polar surface area (TPSA) is 70.8 Å². The third-order valence-corrected chi connectivity index (χ3v) is 5.62. The number of aliphatic hydroxyl groups is 1. The molecule has 2 aliphatic rings. The summed E-state index contributed by atoms with van der Waals surface area (Å²) in [4.78, 5) is 27.6. The van der Waals surface area contributed by atoms with Crippen LogP contribution in [0.15, 0.2) is 52.1 Å². The summed E-state index contributed by atoms with van der Waals surface area (Å²) in [6.45, 7) is 1.70. The van der Waals surface area contributed by atoms with Gasteiger partial charge in [0, 0.05) is 11.6 Å². The van der Waals surface area contributed by atoms with Crippen molar-refractivity contribution in [2.24, 2.45) is 0 Å². The lowest BCUT2D eigenvalue weighted by Crippen LogP contribution is -2.41. The molecule has 1 unspecified atom stereocenters. The molecule has 1 amide bonds. The number of Topliss-reactive ketones (excluding diaryl/α,β-unsaturated/α-hetero) is 1. The molecule has 1 aliphatic heterocycles. The van der Waals surface area contributed by atoms with E-state index < -0.39 is 29.3 Å². The lowest BCUT2D eigenvalue weighted by molar-refractivity contribution is -0.132. The number of hydrogen-bond donors (Lipinski definition) is 1. The molecular formula is C22H22FNO4. The van der Waals surface area contributed by atoms with E-state index in [0.29, 0.717) is 5.76 Å². The molecule has 1 aromatic carbocycles. The summed E-state index contributed by atoms with van der Waals surface area (Å²) >= 11 is 0. The van der Waals surface area contributed by atoms with Gasteiger partial charge >= 0.3 is 0 Å². The van der Waals surface area contributed by atoms with Crippen molar-refractivity contribution >= 4 is 11.7 Å². The number of aryl methyl sites for hydroxylation is 1. The summed E-state index contributed by atoms with van der Waals surface area (Å²) in [5.41, 5.74) is 0.0899. The second-order valence-corrected chi connectivity index (χ2v) is 7.43. The Labute approximate surface area is 162 Å². The largest absolute Gasteiger partial charge is 0.503 e. The van der Waals surface area contributed by atoms with E-state index in [0.717, 1.165) is 32.1 Å². The highest BCUT2D eigenvalue weighted by molar-refractivity contribution is 6.15. The Kier molecular flexibility index (Phi) is 4.79. The molecule has 1 aromatic heterocycles. The van der Waals surface area contributed by atoms with E-state index in [4.69, 9.17) is 4.42 Å². The molecule has 4 rings (SSSR count). The van der Waals surface area contributed by atoms with Crippen molar-refractivity contribution in [1.82, 2.24) is 4.90 Å². The van der Waals surface area contributed by atoms with E-state index >= 15 is 0 Å². The van der Waals surface area contributed by atoms with Crippen LogP contribution in [-0.2, 0) is 4.79 Å². The number of nitrogens with zero attached hydrogens (tertiary/aromatic N) is 1. The molecule has 1 N–H and O–H groups in total. The van der Waals surface area contributed by atoms with Gasteiger partial charge in [-0.2, -0.15) is 0 Å². The van der Waals surface area contributed by atoms with Crippen molar-refractivity contribution in [1.29, 1.82) is 0 Å². The highest BCUT2D eigenvalue weighted by Gasteiger charge is 2.48. The third-order valence-electron chi connectivity index (χ3n) is 5.62. The zero-order chi connectivity index (χ0) is 19.8. The van der Waals surface area contributed by atoms with E-state index in [9.17, 15) is 19.1 Å². The monoisotopic (exact) mass is 383 g/mol. The summed E-state index contributed by atoms with van der Waals surface area (Å²) in [5.74, 6) is -1.77. The van der Waals surface area contributed by atoms with Crippen LogP contribution in [0.1, 0.15) is 60.0 Å². The molecule has 28 heavy (non-hydrogen) atoms. The first-order chi connectivity index (χ1) is 13.5. The number of carbonyl (C=O) groups is 2. The maximum atomic E-state index is 14.7. The van der Waals surface area contributed by atoms with Gasteiger partial charge in [0.1, 0.15) is 11.6 Å². The van der Waals surface area contributed by atoms with Gasteiger partial charge in [-0.1, -0.05) is 37.5 Å². The van der Waals surface area contributed by atoms with E-state index in [1.165, 1.54) is 17.0 Å². The normalized spacial score (nSPS) is 20.9. The number of hydrogen-bond acceptors (Lipinski definition) is 4. The molecule has 0 bridgehead atoms. The van der Waals surface area contributed by atoms with Gasteiger partial charge in [0.05, 0.1) is 11.6 Å². The smallest absolute Gasteiger partial charge is 0.290 e. The second kappa shape index (κ2) is 7.26. The maximum absolute atomic E-state index is 14.7. The van der Waals surface area contributed by atoms with Gasteiger partial charge in [-0.3, -0.25) is 9.59 Å². The minimum Gasteiger partial charge on any atom is -0.503 e. The number of aliphatic hydroxyl groups excluding tert-OH is 1. The average molecular weight is 383 g/mol. The summed E-state index contributed by atoms with van der Waals surface area (Å²) < 4.78 is 20.1. The average Bonchev–Trinajstić information content (AvgIpc) is 3.24. The zero-order valence-corrected chi connectivity index (χ0v) is 15.7.